The molecule has 1 aromatic rings. The predicted octanol–water partition coefficient (Wildman–Crippen LogP) is 3.86. The van der Waals surface area contributed by atoms with Gasteiger partial charge in [0.05, 0.1) is 11.4 Å². The maximum absolute atomic E-state index is 11.2. The Hall–Kier alpha value is 0.460. The Morgan fingerprint density at radius 1 is 1.32 bits per heavy atom. The van der Waals surface area contributed by atoms with E-state index in [9.17, 15) is 18.5 Å². The summed E-state index contributed by atoms with van der Waals surface area (Å²) < 4.78 is 33.4. The van der Waals surface area contributed by atoms with Gasteiger partial charge in [-0.3, -0.25) is 14.7 Å². The Morgan fingerprint density at radius 3 is 2.32 bits per heavy atom. The van der Waals surface area contributed by atoms with E-state index in [1.54, 1.807) is 0 Å². The number of nitrogens with zero attached hydrogens (tertiary/aromatic N) is 1. The summed E-state index contributed by atoms with van der Waals surface area (Å²) in [6, 6.07) is 3.27. The van der Waals surface area contributed by atoms with Crippen molar-refractivity contribution in [3.63, 3.8) is 0 Å². The maximum atomic E-state index is 11.2. The first-order valence-electron chi connectivity index (χ1n) is 4.57. The molecule has 0 aliphatic carbocycles. The summed E-state index contributed by atoms with van der Waals surface area (Å²) >= 11 is 6.15. The van der Waals surface area contributed by atoms with Crippen molar-refractivity contribution < 1.29 is 17.9 Å². The van der Waals surface area contributed by atoms with E-state index in [1.165, 1.54) is 0 Å². The Kier molecular flexibility index (Phi) is 6.40. The fourth-order valence-electron chi connectivity index (χ4n) is 1.30. The van der Waals surface area contributed by atoms with Gasteiger partial charge in [-0.05, 0) is 79.4 Å². The van der Waals surface area contributed by atoms with Gasteiger partial charge < -0.3 is 0 Å². The lowest BCUT2D eigenvalue weighted by Gasteiger charge is -2.07. The van der Waals surface area contributed by atoms with E-state index in [1.807, 2.05) is 22.6 Å². The van der Waals surface area contributed by atoms with Crippen LogP contribution in [0.2, 0.25) is 0 Å². The first kappa shape index (κ1) is 17.5. The third kappa shape index (κ3) is 5.05. The van der Waals surface area contributed by atoms with E-state index in [4.69, 9.17) is 4.55 Å². The highest BCUT2D eigenvalue weighted by atomic mass is 127. The molecule has 0 atom stereocenters. The van der Waals surface area contributed by atoms with Crippen LogP contribution in [0.3, 0.4) is 0 Å². The molecule has 0 saturated carbocycles. The Bertz CT molecular complexity index is 652. The summed E-state index contributed by atoms with van der Waals surface area (Å²) in [5, 5.41) is 10.7. The first-order chi connectivity index (χ1) is 8.62. The predicted molar refractivity (Wildman–Crippen MR) is 95.7 cm³/mol. The van der Waals surface area contributed by atoms with Gasteiger partial charge in [0.2, 0.25) is 0 Å². The zero-order valence-electron chi connectivity index (χ0n) is 9.01. The monoisotopic (exact) mass is 621 g/mol. The molecular formula is C9H6I3NO5S. The molecule has 0 aliphatic rings. The highest BCUT2D eigenvalue weighted by Crippen LogP contribution is 2.31. The number of benzene rings is 1. The summed E-state index contributed by atoms with van der Waals surface area (Å²) in [6.45, 7) is 0. The lowest BCUT2D eigenvalue weighted by atomic mass is 10.1. The van der Waals surface area contributed by atoms with Crippen LogP contribution in [0.4, 0.5) is 5.69 Å². The van der Waals surface area contributed by atoms with Gasteiger partial charge in [-0.25, -0.2) is 0 Å². The lowest BCUT2D eigenvalue weighted by molar-refractivity contribution is -0.385. The molecule has 0 radical (unpaired) electrons. The molecule has 0 amide bonds. The summed E-state index contributed by atoms with van der Waals surface area (Å²) in [5.41, 5.74) is -0.0120. The number of hydrogen-bond donors (Lipinski definition) is 1. The molecule has 1 N–H and O–H groups in total. The highest BCUT2D eigenvalue weighted by molar-refractivity contribution is 14.2. The van der Waals surface area contributed by atoms with Crippen LogP contribution in [0.15, 0.2) is 28.3 Å². The number of non-ortho nitro benzene ring substituents is 1. The van der Waals surface area contributed by atoms with Crippen molar-refractivity contribution in [1.29, 1.82) is 0 Å². The molecule has 0 spiro atoms. The fraction of sp³-hybridized carbons (Fsp3) is 0.111. The summed E-state index contributed by atoms with van der Waals surface area (Å²) in [7, 11) is -4.40. The van der Waals surface area contributed by atoms with Gasteiger partial charge in [-0.2, -0.15) is 8.42 Å². The summed E-state index contributed by atoms with van der Waals surface area (Å²) in [4.78, 5) is 9.80. The van der Waals surface area contributed by atoms with E-state index in [0.29, 0.717) is 0 Å². The van der Waals surface area contributed by atoms with Gasteiger partial charge in [0.25, 0.3) is 15.8 Å². The summed E-state index contributed by atoms with van der Waals surface area (Å²) in [5.74, 6) is 0. The molecule has 0 aliphatic heterocycles. The van der Waals surface area contributed by atoms with Crippen LogP contribution >= 0.6 is 67.8 Å². The topological polar surface area (TPSA) is 97.5 Å². The SMILES string of the molecule is O=[N+]([O-])c1ccc(S(=O)(=O)O)c(CC(I)=C(I)I)c1. The van der Waals surface area contributed by atoms with Crippen LogP contribution in [0.1, 0.15) is 5.56 Å². The van der Waals surface area contributed by atoms with Gasteiger partial charge in [0, 0.05) is 22.1 Å². The van der Waals surface area contributed by atoms with Crippen molar-refractivity contribution in [3.8, 4) is 0 Å². The van der Waals surface area contributed by atoms with Crippen molar-refractivity contribution >= 4 is 83.6 Å². The molecular weight excluding hydrogens is 615 g/mol. The largest absolute Gasteiger partial charge is 0.294 e. The summed E-state index contributed by atoms with van der Waals surface area (Å²) in [6.07, 6.45) is 0.207. The van der Waals surface area contributed by atoms with Crippen LogP contribution in [-0.4, -0.2) is 17.9 Å². The van der Waals surface area contributed by atoms with Crippen LogP contribution in [-0.2, 0) is 16.5 Å². The van der Waals surface area contributed by atoms with Crippen molar-refractivity contribution in [2.75, 3.05) is 0 Å². The average Bonchev–Trinajstić information content (AvgIpc) is 2.27. The Balaban J connectivity index is 3.43. The molecule has 0 aromatic heterocycles. The molecule has 0 fully saturated rings. The Labute approximate surface area is 150 Å². The number of halogens is 3. The van der Waals surface area contributed by atoms with E-state index >= 15 is 0 Å². The van der Waals surface area contributed by atoms with E-state index in [2.05, 4.69) is 45.2 Å². The van der Waals surface area contributed by atoms with E-state index in [0.717, 1.165) is 23.4 Å². The second-order valence-corrected chi connectivity index (χ2v) is 10.3. The standard InChI is InChI=1S/C9H6I3NO5S/c10-7(9(11)12)4-5-3-6(13(14)15)1-2-8(5)19(16,17)18/h1-3H,4H2,(H,16,17,18). The molecule has 1 rings (SSSR count). The molecule has 0 heterocycles. The smallest absolute Gasteiger partial charge is 0.282 e. The number of allylic oxidation sites excluding steroid dienone is 1. The number of nitro groups is 1. The molecule has 0 unspecified atom stereocenters. The van der Waals surface area contributed by atoms with Gasteiger partial charge in [-0.15, -0.1) is 0 Å². The van der Waals surface area contributed by atoms with Crippen LogP contribution in [0, 0.1) is 10.1 Å². The minimum atomic E-state index is -4.40. The maximum Gasteiger partial charge on any atom is 0.294 e. The number of hydrogen-bond acceptors (Lipinski definition) is 4. The minimum absolute atomic E-state index is 0.201. The second-order valence-electron chi connectivity index (χ2n) is 3.37. The quantitative estimate of drug-likeness (QED) is 0.239. The van der Waals surface area contributed by atoms with Crippen molar-refractivity contribution in [3.05, 3.63) is 39.0 Å². The van der Waals surface area contributed by atoms with E-state index < -0.39 is 15.0 Å². The van der Waals surface area contributed by atoms with Gasteiger partial charge >= 0.3 is 0 Å². The highest BCUT2D eigenvalue weighted by Gasteiger charge is 2.19. The van der Waals surface area contributed by atoms with Gasteiger partial charge in [-0.1, -0.05) is 0 Å². The third-order valence-electron chi connectivity index (χ3n) is 2.08. The number of nitro benzene ring substituents is 1. The zero-order valence-corrected chi connectivity index (χ0v) is 16.3. The number of rotatable bonds is 4. The van der Waals surface area contributed by atoms with E-state index in [-0.39, 0.29) is 22.6 Å². The van der Waals surface area contributed by atoms with Crippen molar-refractivity contribution in [1.82, 2.24) is 0 Å². The molecule has 104 valence electrons. The van der Waals surface area contributed by atoms with Gasteiger partial charge in [0.15, 0.2) is 0 Å². The molecule has 19 heavy (non-hydrogen) atoms. The van der Waals surface area contributed by atoms with Crippen LogP contribution in [0.5, 0.6) is 0 Å². The minimum Gasteiger partial charge on any atom is -0.282 e. The van der Waals surface area contributed by atoms with Crippen molar-refractivity contribution in [2.45, 2.75) is 11.3 Å². The fourth-order valence-corrected chi connectivity index (χ4v) is 2.80. The van der Waals surface area contributed by atoms with Crippen LogP contribution < -0.4 is 0 Å². The van der Waals surface area contributed by atoms with Crippen LogP contribution in [0.25, 0.3) is 0 Å². The first-order valence-corrected chi connectivity index (χ1v) is 9.25. The molecule has 0 bridgehead atoms. The Morgan fingerprint density at radius 2 is 1.89 bits per heavy atom. The molecule has 1 aromatic carbocycles. The molecule has 10 heteroatoms. The molecule has 6 nitrogen and oxygen atoms in total. The average molecular weight is 621 g/mol. The second kappa shape index (κ2) is 6.95. The van der Waals surface area contributed by atoms with Gasteiger partial charge in [0.1, 0.15) is 0 Å². The lowest BCUT2D eigenvalue weighted by Crippen LogP contribution is -2.04. The normalized spacial score (nSPS) is 11.2. The third-order valence-corrected chi connectivity index (χ3v) is 7.32. The zero-order chi connectivity index (χ0) is 14.8. The molecule has 0 saturated heterocycles. The van der Waals surface area contributed by atoms with Crippen molar-refractivity contribution in [2.24, 2.45) is 0 Å².